The van der Waals surface area contributed by atoms with Crippen LogP contribution in [0.1, 0.15) is 35.7 Å². The van der Waals surface area contributed by atoms with Crippen molar-refractivity contribution in [1.82, 2.24) is 15.7 Å². The van der Waals surface area contributed by atoms with E-state index in [9.17, 15) is 44.8 Å². The molecule has 0 saturated heterocycles. The van der Waals surface area contributed by atoms with E-state index in [0.717, 1.165) is 6.07 Å². The highest BCUT2D eigenvalue weighted by molar-refractivity contribution is 6.01. The van der Waals surface area contributed by atoms with Gasteiger partial charge in [0, 0.05) is 20.0 Å². The Morgan fingerprint density at radius 1 is 1.05 bits per heavy atom. The highest BCUT2D eigenvalue weighted by atomic mass is 16.5. The lowest BCUT2D eigenvalue weighted by Crippen LogP contribution is -2.52. The molecule has 1 aliphatic rings. The molecule has 2 unspecified atom stereocenters. The van der Waals surface area contributed by atoms with Gasteiger partial charge in [-0.25, -0.2) is 14.9 Å². The molecular formula is C26H30N4O11. The number of ether oxygens (including phenoxy) is 2. The summed E-state index contributed by atoms with van der Waals surface area (Å²) in [6.07, 6.45) is 0.725. The Morgan fingerprint density at radius 3 is 2.44 bits per heavy atom. The third kappa shape index (κ3) is 7.98. The number of aromatic hydroxyl groups is 4. The van der Waals surface area contributed by atoms with Crippen LogP contribution in [0, 0.1) is 0 Å². The number of phenols is 4. The number of benzene rings is 2. The smallest absolute Gasteiger partial charge is 0.342 e. The number of nitrogens with zero attached hydrogens (tertiary/aromatic N) is 2. The molecule has 1 heterocycles. The molecule has 0 spiro atoms. The number of carbonyl (C=O) groups is 4. The van der Waals surface area contributed by atoms with Crippen molar-refractivity contribution >= 4 is 29.6 Å². The van der Waals surface area contributed by atoms with Gasteiger partial charge in [-0.15, -0.1) is 0 Å². The first-order valence-electron chi connectivity index (χ1n) is 12.4. The van der Waals surface area contributed by atoms with Gasteiger partial charge in [-0.1, -0.05) is 12.1 Å². The summed E-state index contributed by atoms with van der Waals surface area (Å²) < 4.78 is 10.5. The summed E-state index contributed by atoms with van der Waals surface area (Å²) >= 11 is 0. The monoisotopic (exact) mass is 574 g/mol. The summed E-state index contributed by atoms with van der Waals surface area (Å²) in [5.74, 6) is -5.37. The zero-order valence-corrected chi connectivity index (χ0v) is 21.9. The van der Waals surface area contributed by atoms with Crippen molar-refractivity contribution < 1.29 is 54.3 Å². The number of esters is 1. The first-order valence-corrected chi connectivity index (χ1v) is 12.4. The molecule has 0 fully saturated rings. The minimum atomic E-state index is -1.41. The van der Waals surface area contributed by atoms with E-state index in [1.54, 1.807) is 0 Å². The van der Waals surface area contributed by atoms with Crippen molar-refractivity contribution in [1.29, 1.82) is 0 Å². The molecule has 220 valence electrons. The maximum atomic E-state index is 12.9. The van der Waals surface area contributed by atoms with E-state index in [-0.39, 0.29) is 36.7 Å². The molecule has 15 nitrogen and oxygen atoms in total. The number of carbonyl (C=O) groups excluding carboxylic acids is 4. The number of hydroxylamine groups is 2. The molecule has 0 bridgehead atoms. The number of rotatable bonds is 12. The predicted molar refractivity (Wildman–Crippen MR) is 139 cm³/mol. The predicted octanol–water partition coefficient (Wildman–Crippen LogP) is 0.130. The number of hydrogen-bond donors (Lipinski definition) is 7. The maximum Gasteiger partial charge on any atom is 0.342 e. The summed E-state index contributed by atoms with van der Waals surface area (Å²) in [4.78, 5) is 53.5. The molecule has 0 aromatic heterocycles. The molecule has 0 aliphatic carbocycles. The summed E-state index contributed by atoms with van der Waals surface area (Å²) in [5.41, 5.74) is -0.306. The standard InChI is InChI=1S/C26H30N4O11/c1-14(31)30(39)11-3-2-10-27-23(36)17(13-41-26(38)16-7-5-9-20(33)22(16)35)28-24(37)18-12-40-25(29-18)15-6-4-8-19(32)21(15)34/h4-9,17-18,32-35,39H,2-3,10-13H2,1H3,(H,27,36)(H,28,37). The lowest BCUT2D eigenvalue weighted by atomic mass is 10.2. The van der Waals surface area contributed by atoms with Crippen molar-refractivity contribution in [2.75, 3.05) is 26.3 Å². The van der Waals surface area contributed by atoms with E-state index in [0.29, 0.717) is 17.9 Å². The molecule has 3 amide bonds. The quantitative estimate of drug-likeness (QED) is 0.0592. The molecule has 2 atom stereocenters. The first-order chi connectivity index (χ1) is 19.5. The lowest BCUT2D eigenvalue weighted by molar-refractivity contribution is -0.162. The van der Waals surface area contributed by atoms with E-state index in [1.165, 1.54) is 37.3 Å². The number of amides is 3. The number of aliphatic imine (C=N–C) groups is 1. The van der Waals surface area contributed by atoms with Crippen LogP contribution in [0.15, 0.2) is 41.4 Å². The Bertz CT molecular complexity index is 1330. The summed E-state index contributed by atoms with van der Waals surface area (Å²) in [5, 5.41) is 54.3. The molecule has 15 heteroatoms. The first kappa shape index (κ1) is 30.5. The average Bonchev–Trinajstić information content (AvgIpc) is 3.43. The number of hydrogen-bond acceptors (Lipinski definition) is 12. The minimum absolute atomic E-state index is 0.0488. The van der Waals surface area contributed by atoms with Crippen LogP contribution in [0.25, 0.3) is 0 Å². The van der Waals surface area contributed by atoms with Crippen LogP contribution in [-0.2, 0) is 23.9 Å². The van der Waals surface area contributed by atoms with Gasteiger partial charge < -0.3 is 40.5 Å². The second kappa shape index (κ2) is 13.8. The van der Waals surface area contributed by atoms with Gasteiger partial charge in [-0.3, -0.25) is 19.6 Å². The molecule has 0 radical (unpaired) electrons. The van der Waals surface area contributed by atoms with Gasteiger partial charge >= 0.3 is 5.97 Å². The average molecular weight is 575 g/mol. The summed E-state index contributed by atoms with van der Waals surface area (Å²) in [7, 11) is 0. The van der Waals surface area contributed by atoms with Crippen LogP contribution in [-0.4, -0.2) is 98.7 Å². The van der Waals surface area contributed by atoms with E-state index in [2.05, 4.69) is 15.6 Å². The van der Waals surface area contributed by atoms with Crippen molar-refractivity contribution in [3.05, 3.63) is 47.5 Å². The highest BCUT2D eigenvalue weighted by Gasteiger charge is 2.32. The van der Waals surface area contributed by atoms with Crippen molar-refractivity contribution in [3.8, 4) is 23.0 Å². The molecular weight excluding hydrogens is 544 g/mol. The van der Waals surface area contributed by atoms with Gasteiger partial charge in [-0.2, -0.15) is 0 Å². The third-order valence-electron chi connectivity index (χ3n) is 5.91. The maximum absolute atomic E-state index is 12.9. The number of phenolic OH excluding ortho intramolecular Hbond substituents is 4. The number of unbranched alkanes of at least 4 members (excludes halogenated alkanes) is 1. The fraction of sp³-hybridized carbons (Fsp3) is 0.346. The zero-order chi connectivity index (χ0) is 30.1. The third-order valence-corrected chi connectivity index (χ3v) is 5.91. The number of para-hydroxylation sites is 2. The van der Waals surface area contributed by atoms with Crippen molar-refractivity contribution in [2.45, 2.75) is 31.8 Å². The second-order valence-corrected chi connectivity index (χ2v) is 8.91. The Hall–Kier alpha value is -5.05. The SMILES string of the molecule is CC(=O)N(O)CCCCNC(=O)C(COC(=O)c1cccc(O)c1O)NC(=O)C1COC(c2cccc(O)c2O)=N1. The van der Waals surface area contributed by atoms with Gasteiger partial charge in [-0.05, 0) is 37.1 Å². The van der Waals surface area contributed by atoms with E-state index in [1.807, 2.05) is 0 Å². The van der Waals surface area contributed by atoms with Crippen LogP contribution in [0.5, 0.6) is 23.0 Å². The van der Waals surface area contributed by atoms with Gasteiger partial charge in [0.05, 0.1) is 5.56 Å². The Balaban J connectivity index is 1.67. The number of nitrogens with one attached hydrogen (secondary N) is 2. The topological polar surface area (TPSA) is 228 Å². The Kier molecular flexibility index (Phi) is 10.3. The van der Waals surface area contributed by atoms with Gasteiger partial charge in [0.2, 0.25) is 23.6 Å². The fourth-order valence-electron chi connectivity index (χ4n) is 3.62. The van der Waals surface area contributed by atoms with Crippen LogP contribution in [0.4, 0.5) is 0 Å². The molecule has 0 saturated carbocycles. The second-order valence-electron chi connectivity index (χ2n) is 8.91. The van der Waals surface area contributed by atoms with Gasteiger partial charge in [0.1, 0.15) is 24.8 Å². The molecule has 1 aliphatic heterocycles. The summed E-state index contributed by atoms with van der Waals surface area (Å²) in [6, 6.07) is 5.22. The minimum Gasteiger partial charge on any atom is -0.504 e. The molecule has 2 aromatic rings. The van der Waals surface area contributed by atoms with Gasteiger partial charge in [0.25, 0.3) is 0 Å². The van der Waals surface area contributed by atoms with Crippen LogP contribution in [0.3, 0.4) is 0 Å². The molecule has 7 N–H and O–H groups in total. The van der Waals surface area contributed by atoms with Crippen LogP contribution in [0.2, 0.25) is 0 Å². The van der Waals surface area contributed by atoms with Crippen LogP contribution >= 0.6 is 0 Å². The van der Waals surface area contributed by atoms with Crippen molar-refractivity contribution in [2.24, 2.45) is 4.99 Å². The molecule has 41 heavy (non-hydrogen) atoms. The van der Waals surface area contributed by atoms with E-state index < -0.39 is 65.4 Å². The van der Waals surface area contributed by atoms with Crippen LogP contribution < -0.4 is 10.6 Å². The Morgan fingerprint density at radius 2 is 1.73 bits per heavy atom. The normalized spacial score (nSPS) is 14.8. The van der Waals surface area contributed by atoms with Crippen molar-refractivity contribution in [3.63, 3.8) is 0 Å². The molecule has 3 rings (SSSR count). The van der Waals surface area contributed by atoms with E-state index >= 15 is 0 Å². The lowest BCUT2D eigenvalue weighted by Gasteiger charge is -2.20. The Labute approximate surface area is 233 Å². The van der Waals surface area contributed by atoms with E-state index in [4.69, 9.17) is 9.47 Å². The highest BCUT2D eigenvalue weighted by Crippen LogP contribution is 2.30. The fourth-order valence-corrected chi connectivity index (χ4v) is 3.62. The molecule has 2 aromatic carbocycles. The zero-order valence-electron chi connectivity index (χ0n) is 21.9. The summed E-state index contributed by atoms with van der Waals surface area (Å²) in [6.45, 7) is 0.450. The largest absolute Gasteiger partial charge is 0.504 e. The van der Waals surface area contributed by atoms with Gasteiger partial charge in [0.15, 0.2) is 29.0 Å².